The van der Waals surface area contributed by atoms with Gasteiger partial charge >= 0.3 is 0 Å². The molecule has 2 aromatic rings. The Labute approximate surface area is 118 Å². The van der Waals surface area contributed by atoms with E-state index < -0.39 is 5.41 Å². The smallest absolute Gasteiger partial charge is 0.193 e. The SMILES string of the molecule is Cn1nncc1C(=O)C1(c2ccccc2)CCNCC1. The summed E-state index contributed by atoms with van der Waals surface area (Å²) in [6.07, 6.45) is 3.18. The van der Waals surface area contributed by atoms with Gasteiger partial charge in [-0.1, -0.05) is 35.5 Å². The Hall–Kier alpha value is -2.01. The molecule has 0 bridgehead atoms. The van der Waals surface area contributed by atoms with Crippen molar-refractivity contribution in [2.45, 2.75) is 18.3 Å². The van der Waals surface area contributed by atoms with Crippen molar-refractivity contribution in [3.63, 3.8) is 0 Å². The van der Waals surface area contributed by atoms with Gasteiger partial charge in [0.2, 0.25) is 0 Å². The van der Waals surface area contributed by atoms with Gasteiger partial charge in [0.25, 0.3) is 0 Å². The first-order chi connectivity index (χ1) is 9.74. The zero-order valence-electron chi connectivity index (χ0n) is 11.5. The summed E-state index contributed by atoms with van der Waals surface area (Å²) in [4.78, 5) is 13.1. The first-order valence-corrected chi connectivity index (χ1v) is 6.90. The van der Waals surface area contributed by atoms with Crippen molar-refractivity contribution in [3.8, 4) is 0 Å². The lowest BCUT2D eigenvalue weighted by Gasteiger charge is -2.36. The second kappa shape index (κ2) is 5.17. The number of aryl methyl sites for hydroxylation is 1. The number of hydrogen-bond donors (Lipinski definition) is 1. The number of hydrogen-bond acceptors (Lipinski definition) is 4. The van der Waals surface area contributed by atoms with Crippen LogP contribution in [0.1, 0.15) is 28.9 Å². The summed E-state index contributed by atoms with van der Waals surface area (Å²) in [6.45, 7) is 1.71. The molecule has 3 rings (SSSR count). The number of nitrogens with one attached hydrogen (secondary N) is 1. The molecule has 1 aliphatic rings. The molecule has 0 amide bonds. The van der Waals surface area contributed by atoms with E-state index >= 15 is 0 Å². The minimum Gasteiger partial charge on any atom is -0.317 e. The Balaban J connectivity index is 2.07. The minimum absolute atomic E-state index is 0.123. The zero-order valence-corrected chi connectivity index (χ0v) is 11.5. The van der Waals surface area contributed by atoms with Crippen LogP contribution in [0.3, 0.4) is 0 Å². The van der Waals surface area contributed by atoms with Crippen LogP contribution >= 0.6 is 0 Å². The lowest BCUT2D eigenvalue weighted by Crippen LogP contribution is -2.46. The summed E-state index contributed by atoms with van der Waals surface area (Å²) >= 11 is 0. The maximum absolute atomic E-state index is 13.1. The quantitative estimate of drug-likeness (QED) is 0.855. The van der Waals surface area contributed by atoms with Crippen LogP contribution in [0.2, 0.25) is 0 Å². The van der Waals surface area contributed by atoms with Gasteiger partial charge < -0.3 is 5.32 Å². The van der Waals surface area contributed by atoms with Crippen LogP contribution in [-0.2, 0) is 12.5 Å². The van der Waals surface area contributed by atoms with Crippen LogP contribution in [0.15, 0.2) is 36.5 Å². The van der Waals surface area contributed by atoms with Crippen LogP contribution in [0.4, 0.5) is 0 Å². The van der Waals surface area contributed by atoms with E-state index in [1.54, 1.807) is 17.9 Å². The molecule has 1 saturated heterocycles. The van der Waals surface area contributed by atoms with E-state index in [2.05, 4.69) is 15.6 Å². The van der Waals surface area contributed by atoms with Gasteiger partial charge in [0.1, 0.15) is 5.69 Å². The van der Waals surface area contributed by atoms with Crippen LogP contribution in [0.25, 0.3) is 0 Å². The molecule has 104 valence electrons. The number of piperidine rings is 1. The minimum atomic E-state index is -0.456. The fourth-order valence-corrected chi connectivity index (χ4v) is 3.00. The lowest BCUT2D eigenvalue weighted by molar-refractivity contribution is 0.0837. The molecule has 1 aromatic heterocycles. The molecule has 5 heteroatoms. The summed E-state index contributed by atoms with van der Waals surface area (Å²) in [6, 6.07) is 10.1. The Morgan fingerprint density at radius 1 is 1.25 bits per heavy atom. The number of rotatable bonds is 3. The molecule has 2 heterocycles. The van der Waals surface area contributed by atoms with Gasteiger partial charge in [-0.05, 0) is 31.5 Å². The first kappa shape index (κ1) is 13.0. The molecule has 0 saturated carbocycles. The van der Waals surface area contributed by atoms with Gasteiger partial charge in [-0.15, -0.1) is 5.10 Å². The number of nitrogens with zero attached hydrogens (tertiary/aromatic N) is 3. The van der Waals surface area contributed by atoms with Crippen LogP contribution in [0.5, 0.6) is 0 Å². The van der Waals surface area contributed by atoms with Gasteiger partial charge in [0, 0.05) is 7.05 Å². The summed E-state index contributed by atoms with van der Waals surface area (Å²) in [5, 5.41) is 11.1. The van der Waals surface area contributed by atoms with Crippen LogP contribution in [-0.4, -0.2) is 33.9 Å². The molecular weight excluding hydrogens is 252 g/mol. The first-order valence-electron chi connectivity index (χ1n) is 6.90. The molecule has 0 spiro atoms. The van der Waals surface area contributed by atoms with E-state index in [1.807, 2.05) is 30.3 Å². The second-order valence-electron chi connectivity index (χ2n) is 5.27. The third-order valence-electron chi connectivity index (χ3n) is 4.17. The van der Waals surface area contributed by atoms with E-state index in [4.69, 9.17) is 0 Å². The molecule has 0 aliphatic carbocycles. The zero-order chi connectivity index (χ0) is 14.0. The molecule has 0 atom stereocenters. The largest absolute Gasteiger partial charge is 0.317 e. The molecule has 5 nitrogen and oxygen atoms in total. The number of aromatic nitrogens is 3. The Morgan fingerprint density at radius 2 is 1.95 bits per heavy atom. The van der Waals surface area contributed by atoms with Gasteiger partial charge in [-0.3, -0.25) is 4.79 Å². The average molecular weight is 270 g/mol. The molecule has 20 heavy (non-hydrogen) atoms. The van der Waals surface area contributed by atoms with Gasteiger partial charge in [-0.2, -0.15) is 0 Å². The predicted octanol–water partition coefficient (Wildman–Crippen LogP) is 1.32. The van der Waals surface area contributed by atoms with E-state index in [0.717, 1.165) is 31.5 Å². The highest BCUT2D eigenvalue weighted by molar-refractivity contribution is 6.02. The molecular formula is C15H18N4O. The lowest BCUT2D eigenvalue weighted by atomic mass is 9.69. The summed E-state index contributed by atoms with van der Waals surface area (Å²) in [5.74, 6) is 0.123. The molecule has 1 fully saturated rings. The topological polar surface area (TPSA) is 59.8 Å². The highest BCUT2D eigenvalue weighted by Crippen LogP contribution is 2.36. The van der Waals surface area contributed by atoms with Crippen molar-refractivity contribution < 1.29 is 4.79 Å². The van der Waals surface area contributed by atoms with Crippen LogP contribution in [0, 0.1) is 0 Å². The highest BCUT2D eigenvalue weighted by Gasteiger charge is 2.42. The maximum atomic E-state index is 13.1. The predicted molar refractivity (Wildman–Crippen MR) is 75.6 cm³/mol. The number of Topliss-reactive ketones (excluding diaryl/α,β-unsaturated/α-hetero) is 1. The Morgan fingerprint density at radius 3 is 2.55 bits per heavy atom. The van der Waals surface area contributed by atoms with Gasteiger partial charge in [-0.25, -0.2) is 4.68 Å². The molecule has 0 unspecified atom stereocenters. The Bertz CT molecular complexity index is 599. The van der Waals surface area contributed by atoms with Crippen molar-refractivity contribution in [1.29, 1.82) is 0 Å². The molecule has 1 N–H and O–H groups in total. The maximum Gasteiger partial charge on any atom is 0.193 e. The van der Waals surface area contributed by atoms with Crippen molar-refractivity contribution in [3.05, 3.63) is 47.8 Å². The van der Waals surface area contributed by atoms with Crippen molar-refractivity contribution in [2.75, 3.05) is 13.1 Å². The normalized spacial score (nSPS) is 17.9. The van der Waals surface area contributed by atoms with E-state index in [1.165, 1.54) is 0 Å². The molecule has 1 aliphatic heterocycles. The van der Waals surface area contributed by atoms with E-state index in [-0.39, 0.29) is 5.78 Å². The number of carbonyl (C=O) groups is 1. The van der Waals surface area contributed by atoms with E-state index in [9.17, 15) is 4.79 Å². The second-order valence-corrected chi connectivity index (χ2v) is 5.27. The number of benzene rings is 1. The fourth-order valence-electron chi connectivity index (χ4n) is 3.00. The summed E-state index contributed by atoms with van der Waals surface area (Å²) in [5.41, 5.74) is 1.21. The van der Waals surface area contributed by atoms with Crippen molar-refractivity contribution in [1.82, 2.24) is 20.3 Å². The summed E-state index contributed by atoms with van der Waals surface area (Å²) in [7, 11) is 1.76. The number of carbonyl (C=O) groups excluding carboxylic acids is 1. The third-order valence-corrected chi connectivity index (χ3v) is 4.17. The number of ketones is 1. The van der Waals surface area contributed by atoms with Crippen molar-refractivity contribution >= 4 is 5.78 Å². The highest BCUT2D eigenvalue weighted by atomic mass is 16.1. The monoisotopic (exact) mass is 270 g/mol. The third kappa shape index (κ3) is 2.04. The van der Waals surface area contributed by atoms with Crippen molar-refractivity contribution in [2.24, 2.45) is 7.05 Å². The fraction of sp³-hybridized carbons (Fsp3) is 0.400. The summed E-state index contributed by atoms with van der Waals surface area (Å²) < 4.78 is 1.56. The average Bonchev–Trinajstić information content (AvgIpc) is 2.94. The van der Waals surface area contributed by atoms with Crippen LogP contribution < -0.4 is 5.32 Å². The molecule has 0 radical (unpaired) electrons. The van der Waals surface area contributed by atoms with Gasteiger partial charge in [0.15, 0.2) is 5.78 Å². The standard InChI is InChI=1S/C15H18N4O/c1-19-13(11-17-18-19)14(20)15(7-9-16-10-8-15)12-5-3-2-4-6-12/h2-6,11,16H,7-10H2,1H3. The van der Waals surface area contributed by atoms with Gasteiger partial charge in [0.05, 0.1) is 11.6 Å². The molecule has 1 aromatic carbocycles. The van der Waals surface area contributed by atoms with E-state index in [0.29, 0.717) is 5.69 Å². The Kier molecular flexibility index (Phi) is 3.36.